The Morgan fingerprint density at radius 1 is 1.35 bits per heavy atom. The number of benzene rings is 1. The molecule has 6 heteroatoms. The van der Waals surface area contributed by atoms with Gasteiger partial charge in [-0.2, -0.15) is 0 Å². The van der Waals surface area contributed by atoms with Crippen molar-refractivity contribution in [2.75, 3.05) is 19.8 Å². The van der Waals surface area contributed by atoms with Gasteiger partial charge in [0.05, 0.1) is 25.7 Å². The fourth-order valence-electron chi connectivity index (χ4n) is 2.07. The molecule has 108 valence electrons. The smallest absolute Gasteiger partial charge is 0.410 e. The van der Waals surface area contributed by atoms with E-state index in [2.05, 4.69) is 0 Å². The molecule has 1 aliphatic heterocycles. The van der Waals surface area contributed by atoms with Crippen LogP contribution in [0, 0.1) is 0 Å². The van der Waals surface area contributed by atoms with E-state index in [0.717, 1.165) is 5.56 Å². The van der Waals surface area contributed by atoms with Crippen LogP contribution in [0.1, 0.15) is 12.0 Å². The zero-order chi connectivity index (χ0) is 14.4. The van der Waals surface area contributed by atoms with Gasteiger partial charge in [0.15, 0.2) is 0 Å². The number of rotatable bonds is 4. The maximum atomic E-state index is 12.0. The number of carboxylic acid groups (broad SMARTS) is 1. The molecular formula is C14H17NO5. The molecule has 0 radical (unpaired) electrons. The molecule has 1 aromatic carbocycles. The normalized spacial score (nSPS) is 18.6. The Hall–Kier alpha value is -2.08. The predicted molar refractivity (Wildman–Crippen MR) is 70.2 cm³/mol. The lowest BCUT2D eigenvalue weighted by Crippen LogP contribution is -2.49. The van der Waals surface area contributed by atoms with Crippen molar-refractivity contribution in [2.45, 2.75) is 19.1 Å². The van der Waals surface area contributed by atoms with Gasteiger partial charge in [0.2, 0.25) is 0 Å². The van der Waals surface area contributed by atoms with Gasteiger partial charge in [0, 0.05) is 6.54 Å². The van der Waals surface area contributed by atoms with Crippen LogP contribution in [-0.4, -0.2) is 47.9 Å². The summed E-state index contributed by atoms with van der Waals surface area (Å²) in [6.45, 7) is 1.16. The topological polar surface area (TPSA) is 76.1 Å². The summed E-state index contributed by atoms with van der Waals surface area (Å²) in [4.78, 5) is 24.2. The first-order valence-corrected chi connectivity index (χ1v) is 6.43. The summed E-state index contributed by atoms with van der Waals surface area (Å²) >= 11 is 0. The number of morpholine rings is 1. The summed E-state index contributed by atoms with van der Waals surface area (Å²) in [6.07, 6.45) is -0.635. The minimum absolute atomic E-state index is 0.138. The highest BCUT2D eigenvalue weighted by atomic mass is 16.6. The molecule has 20 heavy (non-hydrogen) atoms. The van der Waals surface area contributed by atoms with Crippen LogP contribution in [0.2, 0.25) is 0 Å². The molecule has 1 heterocycles. The van der Waals surface area contributed by atoms with E-state index in [1.807, 2.05) is 30.3 Å². The molecule has 1 unspecified atom stereocenters. The van der Waals surface area contributed by atoms with E-state index in [4.69, 9.17) is 14.6 Å². The van der Waals surface area contributed by atoms with Crippen molar-refractivity contribution in [1.29, 1.82) is 0 Å². The lowest BCUT2D eigenvalue weighted by Gasteiger charge is -2.33. The van der Waals surface area contributed by atoms with E-state index in [1.165, 1.54) is 4.90 Å². The highest BCUT2D eigenvalue weighted by molar-refractivity contribution is 5.71. The molecule has 1 saturated heterocycles. The molecule has 1 aliphatic rings. The summed E-state index contributed by atoms with van der Waals surface area (Å²) in [7, 11) is 0. The van der Waals surface area contributed by atoms with E-state index < -0.39 is 18.1 Å². The Balaban J connectivity index is 1.90. The summed E-state index contributed by atoms with van der Waals surface area (Å²) in [6, 6.07) is 8.87. The second kappa shape index (κ2) is 6.91. The van der Waals surface area contributed by atoms with E-state index >= 15 is 0 Å². The first-order chi connectivity index (χ1) is 9.66. The number of hydrogen-bond donors (Lipinski definition) is 1. The van der Waals surface area contributed by atoms with Crippen molar-refractivity contribution in [3.05, 3.63) is 35.9 Å². The number of carbonyl (C=O) groups excluding carboxylic acids is 1. The summed E-state index contributed by atoms with van der Waals surface area (Å²) in [5.74, 6) is -0.957. The van der Waals surface area contributed by atoms with Crippen LogP contribution >= 0.6 is 0 Å². The minimum atomic E-state index is -0.957. The molecule has 0 aromatic heterocycles. The molecule has 0 aliphatic carbocycles. The van der Waals surface area contributed by atoms with Crippen molar-refractivity contribution in [3.8, 4) is 0 Å². The number of carboxylic acids is 1. The first kappa shape index (κ1) is 14.3. The van der Waals surface area contributed by atoms with Gasteiger partial charge in [0.25, 0.3) is 0 Å². The number of amides is 1. The van der Waals surface area contributed by atoms with Crippen LogP contribution in [0.5, 0.6) is 0 Å². The number of ether oxygens (including phenoxy) is 2. The standard InChI is InChI=1S/C14H17NO5/c16-13(17)8-12-10-19-7-6-15(12)14(18)20-9-11-4-2-1-3-5-11/h1-5,12H,6-10H2,(H,16,17). The van der Waals surface area contributed by atoms with Crippen LogP contribution in [0.4, 0.5) is 4.79 Å². The van der Waals surface area contributed by atoms with Gasteiger partial charge >= 0.3 is 12.1 Å². The molecule has 1 amide bonds. The Kier molecular flexibility index (Phi) is 4.95. The third-order valence-corrected chi connectivity index (χ3v) is 3.08. The molecule has 0 spiro atoms. The van der Waals surface area contributed by atoms with Gasteiger partial charge in [-0.05, 0) is 5.56 Å². The molecule has 1 fully saturated rings. The van der Waals surface area contributed by atoms with Crippen molar-refractivity contribution in [3.63, 3.8) is 0 Å². The monoisotopic (exact) mass is 279 g/mol. The van der Waals surface area contributed by atoms with Crippen molar-refractivity contribution < 1.29 is 24.2 Å². The third-order valence-electron chi connectivity index (χ3n) is 3.08. The molecule has 0 saturated carbocycles. The Labute approximate surface area is 116 Å². The second-order valence-electron chi connectivity index (χ2n) is 4.56. The van der Waals surface area contributed by atoms with E-state index in [1.54, 1.807) is 0 Å². The average Bonchev–Trinajstić information content (AvgIpc) is 2.46. The second-order valence-corrected chi connectivity index (χ2v) is 4.56. The fraction of sp³-hybridized carbons (Fsp3) is 0.429. The van der Waals surface area contributed by atoms with Crippen molar-refractivity contribution >= 4 is 12.1 Å². The summed E-state index contributed by atoms with van der Waals surface area (Å²) in [5, 5.41) is 8.84. The number of carbonyl (C=O) groups is 2. The largest absolute Gasteiger partial charge is 0.481 e. The molecule has 1 aromatic rings. The van der Waals surface area contributed by atoms with Gasteiger partial charge in [-0.25, -0.2) is 4.79 Å². The highest BCUT2D eigenvalue weighted by Crippen LogP contribution is 2.13. The zero-order valence-corrected chi connectivity index (χ0v) is 11.0. The maximum absolute atomic E-state index is 12.0. The first-order valence-electron chi connectivity index (χ1n) is 6.43. The molecule has 1 atom stereocenters. The lowest BCUT2D eigenvalue weighted by atomic mass is 10.2. The molecule has 6 nitrogen and oxygen atoms in total. The Bertz CT molecular complexity index is 462. The number of nitrogens with zero attached hydrogens (tertiary/aromatic N) is 1. The molecule has 0 bridgehead atoms. The molecule has 2 rings (SSSR count). The van der Waals surface area contributed by atoms with E-state index in [-0.39, 0.29) is 19.6 Å². The Morgan fingerprint density at radius 2 is 2.10 bits per heavy atom. The van der Waals surface area contributed by atoms with Gasteiger partial charge in [-0.1, -0.05) is 30.3 Å². The zero-order valence-electron chi connectivity index (χ0n) is 11.0. The van der Waals surface area contributed by atoms with Gasteiger partial charge in [0.1, 0.15) is 6.61 Å². The van der Waals surface area contributed by atoms with Crippen molar-refractivity contribution in [1.82, 2.24) is 4.90 Å². The molecular weight excluding hydrogens is 262 g/mol. The quantitative estimate of drug-likeness (QED) is 0.903. The van der Waals surface area contributed by atoms with E-state index in [9.17, 15) is 9.59 Å². The third kappa shape index (κ3) is 3.96. The van der Waals surface area contributed by atoms with Gasteiger partial charge in [-0.15, -0.1) is 0 Å². The molecule has 1 N–H and O–H groups in total. The van der Waals surface area contributed by atoms with Crippen LogP contribution < -0.4 is 0 Å². The van der Waals surface area contributed by atoms with E-state index in [0.29, 0.717) is 13.2 Å². The fourth-order valence-corrected chi connectivity index (χ4v) is 2.07. The SMILES string of the molecule is O=C(O)CC1COCCN1C(=O)OCc1ccccc1. The van der Waals surface area contributed by atoms with Crippen LogP contribution in [0.15, 0.2) is 30.3 Å². The highest BCUT2D eigenvalue weighted by Gasteiger charge is 2.30. The van der Waals surface area contributed by atoms with Gasteiger partial charge < -0.3 is 19.5 Å². The summed E-state index contributed by atoms with van der Waals surface area (Å²) < 4.78 is 10.4. The number of aliphatic carboxylic acids is 1. The Morgan fingerprint density at radius 3 is 2.80 bits per heavy atom. The predicted octanol–water partition coefficient (Wildman–Crippen LogP) is 1.50. The summed E-state index contributed by atoms with van der Waals surface area (Å²) in [5.41, 5.74) is 0.892. The van der Waals surface area contributed by atoms with Crippen LogP contribution in [0.25, 0.3) is 0 Å². The average molecular weight is 279 g/mol. The minimum Gasteiger partial charge on any atom is -0.481 e. The van der Waals surface area contributed by atoms with Crippen LogP contribution in [-0.2, 0) is 20.9 Å². The van der Waals surface area contributed by atoms with Gasteiger partial charge in [-0.3, -0.25) is 4.79 Å². The van der Waals surface area contributed by atoms with Crippen LogP contribution in [0.3, 0.4) is 0 Å². The maximum Gasteiger partial charge on any atom is 0.410 e. The number of hydrogen-bond acceptors (Lipinski definition) is 4. The van der Waals surface area contributed by atoms with Crippen molar-refractivity contribution in [2.24, 2.45) is 0 Å². The lowest BCUT2D eigenvalue weighted by molar-refractivity contribution is -0.139.